The largest absolute Gasteiger partial charge is 0.496 e. The van der Waals surface area contributed by atoms with Crippen LogP contribution < -0.4 is 10.1 Å². The van der Waals surface area contributed by atoms with E-state index in [2.05, 4.69) is 5.32 Å². The second-order valence-corrected chi connectivity index (χ2v) is 9.02. The summed E-state index contributed by atoms with van der Waals surface area (Å²) < 4.78 is 5.36. The van der Waals surface area contributed by atoms with Crippen LogP contribution in [-0.4, -0.2) is 36.9 Å². The highest BCUT2D eigenvalue weighted by molar-refractivity contribution is 7.14. The summed E-state index contributed by atoms with van der Waals surface area (Å²) in [6.07, 6.45) is 5.85. The average Bonchev–Trinajstić information content (AvgIpc) is 3.21. The van der Waals surface area contributed by atoms with Crippen molar-refractivity contribution in [1.29, 1.82) is 0 Å². The molecule has 6 heteroatoms. The number of para-hydroxylation sites is 1. The van der Waals surface area contributed by atoms with E-state index in [1.54, 1.807) is 18.4 Å². The highest BCUT2D eigenvalue weighted by Gasteiger charge is 2.28. The van der Waals surface area contributed by atoms with Crippen LogP contribution in [0.4, 0.5) is 0 Å². The summed E-state index contributed by atoms with van der Waals surface area (Å²) in [5.74, 6) is 1.00. The Morgan fingerprint density at radius 3 is 2.79 bits per heavy atom. The average molecular weight is 413 g/mol. The monoisotopic (exact) mass is 412 g/mol. The number of amides is 2. The highest BCUT2D eigenvalue weighted by atomic mass is 32.1. The van der Waals surface area contributed by atoms with Crippen molar-refractivity contribution in [2.24, 2.45) is 5.92 Å². The third kappa shape index (κ3) is 4.47. The summed E-state index contributed by atoms with van der Waals surface area (Å²) >= 11 is 1.63. The lowest BCUT2D eigenvalue weighted by atomic mass is 9.87. The zero-order chi connectivity index (χ0) is 20.2. The van der Waals surface area contributed by atoms with Gasteiger partial charge >= 0.3 is 0 Å². The minimum absolute atomic E-state index is 0.0373. The van der Waals surface area contributed by atoms with Gasteiger partial charge in [0.15, 0.2) is 0 Å². The van der Waals surface area contributed by atoms with Gasteiger partial charge in [-0.15, -0.1) is 11.3 Å². The maximum atomic E-state index is 12.8. The molecule has 4 rings (SSSR count). The molecule has 2 aliphatic rings. The lowest BCUT2D eigenvalue weighted by molar-refractivity contribution is -0.125. The van der Waals surface area contributed by atoms with Gasteiger partial charge in [0.1, 0.15) is 5.75 Å². The number of rotatable bonds is 5. The number of piperidine rings is 1. The third-order valence-corrected chi connectivity index (χ3v) is 7.18. The molecule has 1 atom stereocenters. The Morgan fingerprint density at radius 2 is 2.00 bits per heavy atom. The molecular weight excluding hydrogens is 384 g/mol. The fourth-order valence-corrected chi connectivity index (χ4v) is 5.46. The number of ether oxygens (including phenoxy) is 1. The summed E-state index contributed by atoms with van der Waals surface area (Å²) in [7, 11) is 1.64. The molecule has 154 valence electrons. The Labute approximate surface area is 176 Å². The van der Waals surface area contributed by atoms with E-state index in [0.717, 1.165) is 61.4 Å². The maximum Gasteiger partial charge on any atom is 0.263 e. The minimum Gasteiger partial charge on any atom is -0.496 e. The Bertz CT molecular complexity index is 886. The molecule has 0 saturated carbocycles. The summed E-state index contributed by atoms with van der Waals surface area (Å²) in [6, 6.07) is 9.78. The highest BCUT2D eigenvalue weighted by Crippen LogP contribution is 2.33. The van der Waals surface area contributed by atoms with Gasteiger partial charge in [0.25, 0.3) is 5.91 Å². The second-order valence-electron chi connectivity index (χ2n) is 7.88. The quantitative estimate of drug-likeness (QED) is 0.813. The molecule has 1 aromatic carbocycles. The van der Waals surface area contributed by atoms with E-state index in [4.69, 9.17) is 4.74 Å². The van der Waals surface area contributed by atoms with Crippen LogP contribution in [0.2, 0.25) is 0 Å². The summed E-state index contributed by atoms with van der Waals surface area (Å²) in [5, 5.41) is 3.06. The van der Waals surface area contributed by atoms with Crippen LogP contribution in [0.25, 0.3) is 0 Å². The van der Waals surface area contributed by atoms with Gasteiger partial charge in [-0.3, -0.25) is 9.59 Å². The normalized spacial score (nSPS) is 18.8. The number of benzene rings is 1. The van der Waals surface area contributed by atoms with E-state index in [0.29, 0.717) is 6.54 Å². The first kappa shape index (κ1) is 20.0. The van der Waals surface area contributed by atoms with Crippen LogP contribution >= 0.6 is 11.3 Å². The van der Waals surface area contributed by atoms with Gasteiger partial charge in [0.2, 0.25) is 5.91 Å². The number of fused-ring (bicyclic) bond motifs is 1. The Balaban J connectivity index is 1.37. The van der Waals surface area contributed by atoms with Gasteiger partial charge in [0.05, 0.1) is 12.0 Å². The summed E-state index contributed by atoms with van der Waals surface area (Å²) in [4.78, 5) is 29.6. The number of aryl methyl sites for hydroxylation is 1. The van der Waals surface area contributed by atoms with E-state index in [9.17, 15) is 9.59 Å². The van der Waals surface area contributed by atoms with Crippen molar-refractivity contribution in [3.05, 3.63) is 51.2 Å². The van der Waals surface area contributed by atoms with Crippen molar-refractivity contribution >= 4 is 23.2 Å². The molecule has 1 aromatic heterocycles. The number of carbonyl (C=O) groups is 2. The second kappa shape index (κ2) is 8.99. The minimum atomic E-state index is -0.0373. The van der Waals surface area contributed by atoms with Crippen LogP contribution in [0.5, 0.6) is 5.75 Å². The molecule has 0 spiro atoms. The van der Waals surface area contributed by atoms with Gasteiger partial charge in [-0.1, -0.05) is 18.2 Å². The number of nitrogens with one attached hydrogen (secondary N) is 1. The molecular formula is C23H28N2O3S. The first-order chi connectivity index (χ1) is 14.2. The zero-order valence-corrected chi connectivity index (χ0v) is 17.7. The molecule has 2 heterocycles. The van der Waals surface area contributed by atoms with Crippen molar-refractivity contribution in [3.63, 3.8) is 0 Å². The van der Waals surface area contributed by atoms with Crippen LogP contribution in [0, 0.1) is 5.92 Å². The van der Waals surface area contributed by atoms with Crippen LogP contribution in [0.1, 0.15) is 51.4 Å². The van der Waals surface area contributed by atoms with Crippen LogP contribution in [0.3, 0.4) is 0 Å². The van der Waals surface area contributed by atoms with Crippen LogP contribution in [-0.2, 0) is 24.2 Å². The first-order valence-corrected chi connectivity index (χ1v) is 11.3. The number of likely N-dealkylation sites (tertiary alicyclic amines) is 1. The number of hydrogen-bond acceptors (Lipinski definition) is 4. The van der Waals surface area contributed by atoms with E-state index < -0.39 is 0 Å². The van der Waals surface area contributed by atoms with Crippen molar-refractivity contribution < 1.29 is 14.3 Å². The summed E-state index contributed by atoms with van der Waals surface area (Å²) in [5.41, 5.74) is 2.16. The Hall–Kier alpha value is -2.34. The van der Waals surface area contributed by atoms with E-state index in [1.807, 2.05) is 35.2 Å². The van der Waals surface area contributed by atoms with Crippen molar-refractivity contribution in [1.82, 2.24) is 10.2 Å². The third-order valence-electron chi connectivity index (χ3n) is 5.95. The standard InChI is InChI=1S/C23H28N2O3S/c1-28-19-8-4-3-7-17(19)15-24-22(26)16-9-10-20-18(13-16)14-21(29-20)23(27)25-11-5-2-6-12-25/h3-4,7-8,14,16H,2,5-6,9-13,15H2,1H3,(H,24,26)/t16-/m0/s1. The van der Waals surface area contributed by atoms with E-state index in [-0.39, 0.29) is 17.7 Å². The van der Waals surface area contributed by atoms with Gasteiger partial charge in [-0.05, 0) is 56.2 Å². The molecule has 0 radical (unpaired) electrons. The molecule has 1 aliphatic carbocycles. The fourth-order valence-electron chi connectivity index (χ4n) is 4.28. The summed E-state index contributed by atoms with van der Waals surface area (Å²) in [6.45, 7) is 2.21. The Morgan fingerprint density at radius 1 is 1.21 bits per heavy atom. The van der Waals surface area contributed by atoms with Gasteiger partial charge in [0, 0.05) is 36.0 Å². The van der Waals surface area contributed by atoms with Gasteiger partial charge < -0.3 is 15.0 Å². The molecule has 1 fully saturated rings. The number of hydrogen-bond donors (Lipinski definition) is 1. The number of thiophene rings is 1. The number of methoxy groups -OCH3 is 1. The lowest BCUT2D eigenvalue weighted by Crippen LogP contribution is -2.35. The SMILES string of the molecule is COc1ccccc1CNC(=O)[C@H]1CCc2sc(C(=O)N3CCCCC3)cc2C1. The Kier molecular flexibility index (Phi) is 6.19. The number of nitrogens with zero attached hydrogens (tertiary/aromatic N) is 1. The van der Waals surface area contributed by atoms with Crippen LogP contribution in [0.15, 0.2) is 30.3 Å². The smallest absolute Gasteiger partial charge is 0.263 e. The fraction of sp³-hybridized carbons (Fsp3) is 0.478. The van der Waals surface area contributed by atoms with Crippen molar-refractivity contribution in [3.8, 4) is 5.75 Å². The van der Waals surface area contributed by atoms with E-state index >= 15 is 0 Å². The lowest BCUT2D eigenvalue weighted by Gasteiger charge is -2.26. The molecule has 1 saturated heterocycles. The molecule has 1 N–H and O–H groups in total. The molecule has 0 bridgehead atoms. The van der Waals surface area contributed by atoms with Gasteiger partial charge in [-0.2, -0.15) is 0 Å². The topological polar surface area (TPSA) is 58.6 Å². The first-order valence-electron chi connectivity index (χ1n) is 10.5. The molecule has 29 heavy (non-hydrogen) atoms. The molecule has 1 aliphatic heterocycles. The van der Waals surface area contributed by atoms with Gasteiger partial charge in [-0.25, -0.2) is 0 Å². The predicted molar refractivity (Wildman–Crippen MR) is 114 cm³/mol. The molecule has 2 amide bonds. The molecule has 2 aromatic rings. The number of carbonyl (C=O) groups excluding carboxylic acids is 2. The van der Waals surface area contributed by atoms with Crippen molar-refractivity contribution in [2.45, 2.75) is 45.1 Å². The predicted octanol–water partition coefficient (Wildman–Crippen LogP) is 3.80. The van der Waals surface area contributed by atoms with E-state index in [1.165, 1.54) is 16.9 Å². The molecule has 5 nitrogen and oxygen atoms in total. The van der Waals surface area contributed by atoms with Crippen molar-refractivity contribution in [2.75, 3.05) is 20.2 Å². The molecule has 0 unspecified atom stereocenters. The maximum absolute atomic E-state index is 12.8. The zero-order valence-electron chi connectivity index (χ0n) is 16.9.